The zero-order valence-corrected chi connectivity index (χ0v) is 17.6. The fraction of sp³-hybridized carbons (Fsp3) is 0.391. The molecule has 0 saturated heterocycles. The maximum atomic E-state index is 13.2. The number of rotatable bonds is 9. The van der Waals surface area contributed by atoms with E-state index in [2.05, 4.69) is 5.32 Å². The van der Waals surface area contributed by atoms with Crippen LogP contribution in [0.2, 0.25) is 5.02 Å². The molecule has 0 saturated carbocycles. The second kappa shape index (κ2) is 10.9. The van der Waals surface area contributed by atoms with E-state index in [9.17, 15) is 9.59 Å². The highest BCUT2D eigenvalue weighted by molar-refractivity contribution is 6.31. The molecule has 0 radical (unpaired) electrons. The van der Waals surface area contributed by atoms with Gasteiger partial charge in [0, 0.05) is 18.1 Å². The van der Waals surface area contributed by atoms with E-state index in [1.807, 2.05) is 63.2 Å². The van der Waals surface area contributed by atoms with Crippen LogP contribution in [0.4, 0.5) is 0 Å². The Labute approximate surface area is 172 Å². The van der Waals surface area contributed by atoms with Gasteiger partial charge in [0.1, 0.15) is 6.04 Å². The molecule has 0 aromatic heterocycles. The van der Waals surface area contributed by atoms with Crippen molar-refractivity contribution in [3.63, 3.8) is 0 Å². The summed E-state index contributed by atoms with van der Waals surface area (Å²) in [6.45, 7) is 6.95. The fourth-order valence-corrected chi connectivity index (χ4v) is 3.40. The van der Waals surface area contributed by atoms with Crippen LogP contribution in [-0.2, 0) is 22.6 Å². The van der Waals surface area contributed by atoms with Gasteiger partial charge >= 0.3 is 0 Å². The monoisotopic (exact) mass is 400 g/mol. The fourth-order valence-electron chi connectivity index (χ4n) is 3.20. The van der Waals surface area contributed by atoms with Crippen molar-refractivity contribution in [3.8, 4) is 0 Å². The molecule has 0 aliphatic heterocycles. The first kappa shape index (κ1) is 22.0. The Morgan fingerprint density at radius 1 is 1.11 bits per heavy atom. The molecule has 0 aliphatic carbocycles. The molecule has 0 bridgehead atoms. The zero-order valence-electron chi connectivity index (χ0n) is 16.9. The van der Waals surface area contributed by atoms with E-state index >= 15 is 0 Å². The Kier molecular flexibility index (Phi) is 8.52. The summed E-state index contributed by atoms with van der Waals surface area (Å²) in [5.74, 6) is -0.211. The summed E-state index contributed by atoms with van der Waals surface area (Å²) in [7, 11) is 0. The molecule has 0 unspecified atom stereocenters. The minimum absolute atomic E-state index is 0.104. The van der Waals surface area contributed by atoms with E-state index < -0.39 is 6.04 Å². The average molecular weight is 401 g/mol. The van der Waals surface area contributed by atoms with Crippen molar-refractivity contribution in [1.82, 2.24) is 10.2 Å². The molecular weight excluding hydrogens is 372 g/mol. The lowest BCUT2D eigenvalue weighted by molar-refractivity contribution is -0.140. The first-order valence-electron chi connectivity index (χ1n) is 9.82. The topological polar surface area (TPSA) is 49.4 Å². The predicted octanol–water partition coefficient (Wildman–Crippen LogP) is 4.52. The summed E-state index contributed by atoms with van der Waals surface area (Å²) in [6.07, 6.45) is 1.58. The molecule has 4 nitrogen and oxygen atoms in total. The minimum atomic E-state index is -0.512. The number of carbonyl (C=O) groups is 2. The van der Waals surface area contributed by atoms with E-state index in [4.69, 9.17) is 11.6 Å². The van der Waals surface area contributed by atoms with Gasteiger partial charge in [-0.25, -0.2) is 0 Å². The van der Waals surface area contributed by atoms with Crippen LogP contribution in [0.1, 0.15) is 43.4 Å². The zero-order chi connectivity index (χ0) is 20.5. The minimum Gasteiger partial charge on any atom is -0.354 e. The Morgan fingerprint density at radius 3 is 2.50 bits per heavy atom. The van der Waals surface area contributed by atoms with Gasteiger partial charge < -0.3 is 10.2 Å². The highest BCUT2D eigenvalue weighted by Crippen LogP contribution is 2.19. The predicted molar refractivity (Wildman–Crippen MR) is 114 cm³/mol. The summed E-state index contributed by atoms with van der Waals surface area (Å²) >= 11 is 6.25. The van der Waals surface area contributed by atoms with Crippen molar-refractivity contribution in [2.75, 3.05) is 6.54 Å². The van der Waals surface area contributed by atoms with Gasteiger partial charge in [-0.3, -0.25) is 9.59 Å². The highest BCUT2D eigenvalue weighted by atomic mass is 35.5. The molecule has 28 heavy (non-hydrogen) atoms. The summed E-state index contributed by atoms with van der Waals surface area (Å²) in [5.41, 5.74) is 2.90. The number of benzene rings is 2. The van der Waals surface area contributed by atoms with Crippen LogP contribution in [0.5, 0.6) is 0 Å². The largest absolute Gasteiger partial charge is 0.354 e. The molecule has 1 atom stereocenters. The Balaban J connectivity index is 2.29. The average Bonchev–Trinajstić information content (AvgIpc) is 2.68. The molecule has 0 heterocycles. The lowest BCUT2D eigenvalue weighted by Crippen LogP contribution is -2.49. The van der Waals surface area contributed by atoms with E-state index in [1.54, 1.807) is 11.0 Å². The van der Waals surface area contributed by atoms with Gasteiger partial charge in [0.05, 0.1) is 6.42 Å². The van der Waals surface area contributed by atoms with Crippen LogP contribution in [0.25, 0.3) is 0 Å². The van der Waals surface area contributed by atoms with Crippen LogP contribution in [-0.4, -0.2) is 29.3 Å². The Morgan fingerprint density at radius 2 is 1.86 bits per heavy atom. The molecule has 0 fully saturated rings. The third-order valence-corrected chi connectivity index (χ3v) is 5.04. The van der Waals surface area contributed by atoms with Crippen LogP contribution in [0.3, 0.4) is 0 Å². The standard InChI is InChI=1S/C23H29ClN2O2/c1-4-13-25-23(28)21(5-2)26(16-18-10-8-9-17(3)14-18)22(27)15-19-11-6-7-12-20(19)24/h6-12,14,21H,4-5,13,15-16H2,1-3H3,(H,25,28)/t21-/m0/s1. The third kappa shape index (κ3) is 6.10. The van der Waals surface area contributed by atoms with E-state index in [0.29, 0.717) is 24.5 Å². The van der Waals surface area contributed by atoms with E-state index in [1.165, 1.54) is 0 Å². The lowest BCUT2D eigenvalue weighted by Gasteiger charge is -2.31. The number of aryl methyl sites for hydroxylation is 1. The number of carbonyl (C=O) groups excluding carboxylic acids is 2. The number of hydrogen-bond donors (Lipinski definition) is 1. The van der Waals surface area contributed by atoms with Gasteiger partial charge in [0.2, 0.25) is 11.8 Å². The van der Waals surface area contributed by atoms with Crippen molar-refractivity contribution in [3.05, 3.63) is 70.2 Å². The van der Waals surface area contributed by atoms with Crippen molar-refractivity contribution in [1.29, 1.82) is 0 Å². The van der Waals surface area contributed by atoms with Gasteiger partial charge in [-0.2, -0.15) is 0 Å². The van der Waals surface area contributed by atoms with Crippen LogP contribution in [0.15, 0.2) is 48.5 Å². The maximum Gasteiger partial charge on any atom is 0.242 e. The van der Waals surface area contributed by atoms with Gasteiger partial charge in [0.25, 0.3) is 0 Å². The summed E-state index contributed by atoms with van der Waals surface area (Å²) < 4.78 is 0. The Hall–Kier alpha value is -2.33. The molecule has 5 heteroatoms. The van der Waals surface area contributed by atoms with Crippen LogP contribution >= 0.6 is 11.6 Å². The first-order valence-corrected chi connectivity index (χ1v) is 10.2. The van der Waals surface area contributed by atoms with Gasteiger partial charge in [-0.1, -0.05) is 73.5 Å². The van der Waals surface area contributed by atoms with E-state index in [-0.39, 0.29) is 18.2 Å². The number of amides is 2. The van der Waals surface area contributed by atoms with Gasteiger partial charge in [-0.15, -0.1) is 0 Å². The molecule has 150 valence electrons. The molecule has 1 N–H and O–H groups in total. The van der Waals surface area contributed by atoms with Crippen molar-refractivity contribution in [2.24, 2.45) is 0 Å². The SMILES string of the molecule is CCCNC(=O)[C@H](CC)N(Cc1cccc(C)c1)C(=O)Cc1ccccc1Cl. The molecule has 2 aromatic carbocycles. The molecule has 0 aliphatic rings. The van der Waals surface area contributed by atoms with Crippen LogP contribution < -0.4 is 5.32 Å². The molecule has 0 spiro atoms. The number of hydrogen-bond acceptors (Lipinski definition) is 2. The maximum absolute atomic E-state index is 13.2. The van der Waals surface area contributed by atoms with Crippen molar-refractivity contribution in [2.45, 2.75) is 52.6 Å². The van der Waals surface area contributed by atoms with E-state index in [0.717, 1.165) is 23.1 Å². The lowest BCUT2D eigenvalue weighted by atomic mass is 10.1. The molecule has 2 rings (SSSR count). The smallest absolute Gasteiger partial charge is 0.242 e. The summed E-state index contributed by atoms with van der Waals surface area (Å²) in [6, 6.07) is 14.8. The molecule has 2 aromatic rings. The summed E-state index contributed by atoms with van der Waals surface area (Å²) in [4.78, 5) is 27.6. The summed E-state index contributed by atoms with van der Waals surface area (Å²) in [5, 5.41) is 3.50. The number of nitrogens with zero attached hydrogens (tertiary/aromatic N) is 1. The Bertz CT molecular complexity index is 807. The van der Waals surface area contributed by atoms with Crippen molar-refractivity contribution >= 4 is 23.4 Å². The third-order valence-electron chi connectivity index (χ3n) is 4.67. The highest BCUT2D eigenvalue weighted by Gasteiger charge is 2.28. The number of halogens is 1. The van der Waals surface area contributed by atoms with Crippen LogP contribution in [0, 0.1) is 6.92 Å². The normalized spacial score (nSPS) is 11.7. The van der Waals surface area contributed by atoms with Crippen molar-refractivity contribution < 1.29 is 9.59 Å². The second-order valence-electron chi connectivity index (χ2n) is 6.99. The van der Waals surface area contributed by atoms with Gasteiger partial charge in [0.15, 0.2) is 0 Å². The molecule has 2 amide bonds. The molecular formula is C23H29ClN2O2. The quantitative estimate of drug-likeness (QED) is 0.672. The second-order valence-corrected chi connectivity index (χ2v) is 7.40. The first-order chi connectivity index (χ1) is 13.5. The number of nitrogens with one attached hydrogen (secondary N) is 1. The van der Waals surface area contributed by atoms with Gasteiger partial charge in [-0.05, 0) is 37.0 Å².